The van der Waals surface area contributed by atoms with Crippen molar-refractivity contribution in [3.63, 3.8) is 0 Å². The van der Waals surface area contributed by atoms with Crippen LogP contribution in [0.5, 0.6) is 0 Å². The van der Waals surface area contributed by atoms with Crippen molar-refractivity contribution in [3.8, 4) is 0 Å². The molecule has 0 radical (unpaired) electrons. The van der Waals surface area contributed by atoms with Crippen molar-refractivity contribution >= 4 is 23.1 Å². The summed E-state index contributed by atoms with van der Waals surface area (Å²) in [6.45, 7) is 2.95. The summed E-state index contributed by atoms with van der Waals surface area (Å²) in [5, 5.41) is 7.23. The first-order chi connectivity index (χ1) is 13.1. The molecule has 0 aliphatic carbocycles. The van der Waals surface area contributed by atoms with Crippen LogP contribution >= 0.6 is 0 Å². The molecule has 2 aromatic heterocycles. The Balaban J connectivity index is 1.41. The lowest BCUT2D eigenvalue weighted by Crippen LogP contribution is -2.48. The standard InChI is InChI=1S/C20H19N5O2/c1-13-14(12-21-17-6-9-22-25(13)17)18(26)24-10-7-20(8-11-24)15-4-2-3-5-16(15)23-19(20)27/h2-6,9,12H,7-8,10-11H2,1H3,(H,23,27). The van der Waals surface area contributed by atoms with Crippen LogP contribution in [0.25, 0.3) is 5.65 Å². The van der Waals surface area contributed by atoms with Gasteiger partial charge in [0.15, 0.2) is 5.65 Å². The number of amides is 2. The molecule has 4 heterocycles. The van der Waals surface area contributed by atoms with Gasteiger partial charge in [-0.2, -0.15) is 5.10 Å². The highest BCUT2D eigenvalue weighted by Crippen LogP contribution is 2.44. The largest absolute Gasteiger partial charge is 0.338 e. The predicted octanol–water partition coefficient (Wildman–Crippen LogP) is 2.16. The van der Waals surface area contributed by atoms with Gasteiger partial charge in [0.2, 0.25) is 5.91 Å². The zero-order valence-electron chi connectivity index (χ0n) is 15.0. The van der Waals surface area contributed by atoms with Gasteiger partial charge >= 0.3 is 0 Å². The molecule has 0 unspecified atom stereocenters. The van der Waals surface area contributed by atoms with Crippen LogP contribution in [0.3, 0.4) is 0 Å². The minimum atomic E-state index is -0.521. The molecule has 2 aliphatic rings. The molecule has 0 saturated carbocycles. The number of anilines is 1. The van der Waals surface area contributed by atoms with Crippen LogP contribution in [0.15, 0.2) is 42.7 Å². The molecule has 2 aliphatic heterocycles. The molecule has 1 N–H and O–H groups in total. The first-order valence-corrected chi connectivity index (χ1v) is 9.10. The molecule has 3 aromatic rings. The third kappa shape index (κ3) is 2.21. The summed E-state index contributed by atoms with van der Waals surface area (Å²) < 4.78 is 1.68. The Bertz CT molecular complexity index is 1080. The Morgan fingerprint density at radius 3 is 2.78 bits per heavy atom. The van der Waals surface area contributed by atoms with Crippen molar-refractivity contribution in [1.82, 2.24) is 19.5 Å². The number of carbonyl (C=O) groups excluding carboxylic acids is 2. The van der Waals surface area contributed by atoms with Crippen LogP contribution in [0, 0.1) is 6.92 Å². The molecule has 27 heavy (non-hydrogen) atoms. The molecule has 1 spiro atoms. The quantitative estimate of drug-likeness (QED) is 0.720. The molecule has 1 saturated heterocycles. The van der Waals surface area contributed by atoms with E-state index >= 15 is 0 Å². The van der Waals surface area contributed by atoms with Crippen molar-refractivity contribution in [2.24, 2.45) is 0 Å². The SMILES string of the molecule is Cc1c(C(=O)N2CCC3(CC2)C(=O)Nc2ccccc23)cnc2ccnn12. The number of hydrogen-bond acceptors (Lipinski definition) is 4. The van der Waals surface area contributed by atoms with E-state index in [2.05, 4.69) is 15.4 Å². The first-order valence-electron chi connectivity index (χ1n) is 9.10. The number of piperidine rings is 1. The van der Waals surface area contributed by atoms with Crippen LogP contribution in [-0.2, 0) is 10.2 Å². The third-order valence-electron chi connectivity index (χ3n) is 5.92. The Labute approximate surface area is 156 Å². The number of aromatic nitrogens is 3. The number of hydrogen-bond donors (Lipinski definition) is 1. The monoisotopic (exact) mass is 361 g/mol. The smallest absolute Gasteiger partial charge is 0.257 e. The van der Waals surface area contributed by atoms with Gasteiger partial charge in [-0.3, -0.25) is 9.59 Å². The van der Waals surface area contributed by atoms with E-state index in [1.807, 2.05) is 42.2 Å². The number of benzene rings is 1. The van der Waals surface area contributed by atoms with E-state index in [4.69, 9.17) is 0 Å². The maximum Gasteiger partial charge on any atom is 0.257 e. The number of carbonyl (C=O) groups is 2. The van der Waals surface area contributed by atoms with Gasteiger partial charge in [-0.1, -0.05) is 18.2 Å². The zero-order valence-corrected chi connectivity index (χ0v) is 15.0. The Morgan fingerprint density at radius 1 is 1.19 bits per heavy atom. The van der Waals surface area contributed by atoms with E-state index in [1.54, 1.807) is 16.9 Å². The van der Waals surface area contributed by atoms with Gasteiger partial charge in [0.05, 0.1) is 22.9 Å². The summed E-state index contributed by atoms with van der Waals surface area (Å²) in [4.78, 5) is 31.9. The molecule has 2 amide bonds. The minimum absolute atomic E-state index is 0.0478. The van der Waals surface area contributed by atoms with Crippen molar-refractivity contribution in [3.05, 3.63) is 59.5 Å². The Morgan fingerprint density at radius 2 is 1.96 bits per heavy atom. The second-order valence-electron chi connectivity index (χ2n) is 7.23. The van der Waals surface area contributed by atoms with Crippen LogP contribution in [0.1, 0.15) is 34.5 Å². The summed E-state index contributed by atoms with van der Waals surface area (Å²) in [7, 11) is 0. The summed E-state index contributed by atoms with van der Waals surface area (Å²) >= 11 is 0. The number of nitrogens with one attached hydrogen (secondary N) is 1. The minimum Gasteiger partial charge on any atom is -0.338 e. The highest BCUT2D eigenvalue weighted by molar-refractivity contribution is 6.06. The summed E-state index contributed by atoms with van der Waals surface area (Å²) in [6.07, 6.45) is 4.54. The van der Waals surface area contributed by atoms with E-state index < -0.39 is 5.41 Å². The van der Waals surface area contributed by atoms with Crippen LogP contribution in [-0.4, -0.2) is 44.4 Å². The average Bonchev–Trinajstić information content (AvgIpc) is 3.27. The van der Waals surface area contributed by atoms with Gasteiger partial charge in [-0.05, 0) is 31.4 Å². The molecule has 0 bridgehead atoms. The van der Waals surface area contributed by atoms with Gasteiger partial charge in [-0.25, -0.2) is 9.50 Å². The number of aryl methyl sites for hydroxylation is 1. The molecule has 5 rings (SSSR count). The number of fused-ring (bicyclic) bond motifs is 3. The van der Waals surface area contributed by atoms with Crippen molar-refractivity contribution < 1.29 is 9.59 Å². The van der Waals surface area contributed by atoms with Gasteiger partial charge < -0.3 is 10.2 Å². The number of nitrogens with zero attached hydrogens (tertiary/aromatic N) is 4. The fourth-order valence-electron chi connectivity index (χ4n) is 4.33. The van der Waals surface area contributed by atoms with E-state index in [9.17, 15) is 9.59 Å². The molecule has 1 fully saturated rings. The average molecular weight is 361 g/mol. The van der Waals surface area contributed by atoms with Crippen molar-refractivity contribution in [2.75, 3.05) is 18.4 Å². The van der Waals surface area contributed by atoms with E-state index in [1.165, 1.54) is 0 Å². The lowest BCUT2D eigenvalue weighted by molar-refractivity contribution is -0.122. The molecule has 136 valence electrons. The van der Waals surface area contributed by atoms with E-state index in [-0.39, 0.29) is 11.8 Å². The summed E-state index contributed by atoms with van der Waals surface area (Å²) in [5.41, 5.74) is 3.48. The molecule has 7 nitrogen and oxygen atoms in total. The fourth-order valence-corrected chi connectivity index (χ4v) is 4.33. The van der Waals surface area contributed by atoms with Gasteiger partial charge in [0.25, 0.3) is 5.91 Å². The second-order valence-corrected chi connectivity index (χ2v) is 7.23. The maximum absolute atomic E-state index is 13.1. The van der Waals surface area contributed by atoms with E-state index in [0.29, 0.717) is 31.5 Å². The molecular weight excluding hydrogens is 342 g/mol. The van der Waals surface area contributed by atoms with Crippen LogP contribution < -0.4 is 5.32 Å². The second kappa shape index (κ2) is 5.64. The maximum atomic E-state index is 13.1. The highest BCUT2D eigenvalue weighted by atomic mass is 16.2. The topological polar surface area (TPSA) is 79.6 Å². The fraction of sp³-hybridized carbons (Fsp3) is 0.300. The van der Waals surface area contributed by atoms with Crippen LogP contribution in [0.2, 0.25) is 0 Å². The number of para-hydroxylation sites is 1. The number of likely N-dealkylation sites (tertiary alicyclic amines) is 1. The van der Waals surface area contributed by atoms with Crippen molar-refractivity contribution in [2.45, 2.75) is 25.2 Å². The normalized spacial score (nSPS) is 18.0. The molecule has 1 aromatic carbocycles. The van der Waals surface area contributed by atoms with Gasteiger partial charge in [0, 0.05) is 31.0 Å². The van der Waals surface area contributed by atoms with Crippen molar-refractivity contribution in [1.29, 1.82) is 0 Å². The third-order valence-corrected chi connectivity index (χ3v) is 5.92. The highest BCUT2D eigenvalue weighted by Gasteiger charge is 2.48. The van der Waals surface area contributed by atoms with Crippen LogP contribution in [0.4, 0.5) is 5.69 Å². The first kappa shape index (κ1) is 16.0. The molecular formula is C20H19N5O2. The summed E-state index contributed by atoms with van der Waals surface area (Å²) in [5.74, 6) is -0.00875. The molecule has 0 atom stereocenters. The Kier molecular flexibility index (Phi) is 3.34. The zero-order chi connectivity index (χ0) is 18.6. The van der Waals surface area contributed by atoms with Gasteiger partial charge in [0.1, 0.15) is 0 Å². The summed E-state index contributed by atoms with van der Waals surface area (Å²) in [6, 6.07) is 9.66. The molecule has 7 heteroatoms. The van der Waals surface area contributed by atoms with Gasteiger partial charge in [-0.15, -0.1) is 0 Å². The lowest BCUT2D eigenvalue weighted by Gasteiger charge is -2.38. The number of rotatable bonds is 1. The predicted molar refractivity (Wildman–Crippen MR) is 99.6 cm³/mol. The lowest BCUT2D eigenvalue weighted by atomic mass is 9.73. The van der Waals surface area contributed by atoms with E-state index in [0.717, 1.165) is 22.6 Å². The Hall–Kier alpha value is -3.22.